The Morgan fingerprint density at radius 2 is 2.20 bits per heavy atom. The molecule has 1 saturated heterocycles. The molecular weight excluding hydrogens is 332 g/mol. The zero-order chi connectivity index (χ0) is 17.4. The summed E-state index contributed by atoms with van der Waals surface area (Å²) in [5.41, 5.74) is -1.84. The molecule has 0 spiro atoms. The van der Waals surface area contributed by atoms with E-state index >= 15 is 4.39 Å². The molecule has 1 unspecified atom stereocenters. The molecule has 1 saturated carbocycles. The average Bonchev–Trinajstić information content (AvgIpc) is 3.18. The molecule has 8 heteroatoms. The molecule has 132 valence electrons. The third kappa shape index (κ3) is 3.20. The Hall–Kier alpha value is -2.51. The van der Waals surface area contributed by atoms with E-state index in [1.807, 2.05) is 0 Å². The van der Waals surface area contributed by atoms with Gasteiger partial charge in [0.05, 0.1) is 6.54 Å². The van der Waals surface area contributed by atoms with Crippen LogP contribution in [0.15, 0.2) is 28.8 Å². The zero-order valence-corrected chi connectivity index (χ0v) is 13.5. The SMILES string of the molecule is O=C(COc1ccccc1F)N1CCC(F)(c2nc(C3CC3)no2)C1. The number of halogens is 2. The number of hydrogen-bond donors (Lipinski definition) is 0. The molecule has 2 aromatic rings. The molecule has 1 amide bonds. The highest BCUT2D eigenvalue weighted by molar-refractivity contribution is 5.78. The number of alkyl halides is 1. The van der Waals surface area contributed by atoms with Gasteiger partial charge in [-0.3, -0.25) is 4.79 Å². The van der Waals surface area contributed by atoms with Crippen molar-refractivity contribution in [2.45, 2.75) is 30.8 Å². The maximum absolute atomic E-state index is 15.1. The second-order valence-electron chi connectivity index (χ2n) is 6.48. The summed E-state index contributed by atoms with van der Waals surface area (Å²) in [7, 11) is 0. The van der Waals surface area contributed by atoms with Crippen LogP contribution in [0.25, 0.3) is 0 Å². The number of para-hydroxylation sites is 1. The van der Waals surface area contributed by atoms with Crippen molar-refractivity contribution in [3.05, 3.63) is 41.8 Å². The smallest absolute Gasteiger partial charge is 0.266 e. The minimum absolute atomic E-state index is 0.00691. The monoisotopic (exact) mass is 349 g/mol. The molecule has 1 aromatic heterocycles. The summed E-state index contributed by atoms with van der Waals surface area (Å²) in [6.07, 6.45) is 2.08. The Labute approximate surface area is 142 Å². The van der Waals surface area contributed by atoms with E-state index in [1.54, 1.807) is 6.07 Å². The maximum Gasteiger partial charge on any atom is 0.266 e. The van der Waals surface area contributed by atoms with E-state index in [-0.39, 0.29) is 43.7 Å². The van der Waals surface area contributed by atoms with Gasteiger partial charge in [0.2, 0.25) is 5.67 Å². The quantitative estimate of drug-likeness (QED) is 0.830. The van der Waals surface area contributed by atoms with Crippen molar-refractivity contribution in [1.82, 2.24) is 15.0 Å². The van der Waals surface area contributed by atoms with Gasteiger partial charge in [0.1, 0.15) is 0 Å². The molecule has 2 heterocycles. The predicted molar refractivity (Wildman–Crippen MR) is 82.2 cm³/mol. The van der Waals surface area contributed by atoms with Crippen molar-refractivity contribution in [2.75, 3.05) is 19.7 Å². The molecule has 1 aliphatic heterocycles. The molecule has 2 fully saturated rings. The summed E-state index contributed by atoms with van der Waals surface area (Å²) in [6, 6.07) is 5.82. The third-order valence-corrected chi connectivity index (χ3v) is 4.53. The first-order valence-electron chi connectivity index (χ1n) is 8.23. The molecule has 4 rings (SSSR count). The lowest BCUT2D eigenvalue weighted by atomic mass is 10.1. The summed E-state index contributed by atoms with van der Waals surface area (Å²) in [5, 5.41) is 3.83. The number of rotatable bonds is 5. The van der Waals surface area contributed by atoms with Gasteiger partial charge in [-0.2, -0.15) is 4.98 Å². The van der Waals surface area contributed by atoms with Crippen molar-refractivity contribution in [3.8, 4) is 5.75 Å². The lowest BCUT2D eigenvalue weighted by Gasteiger charge is -2.18. The first-order chi connectivity index (χ1) is 12.0. The molecule has 1 atom stereocenters. The summed E-state index contributed by atoms with van der Waals surface area (Å²) in [5.74, 6) is -0.221. The standard InChI is InChI=1S/C17H17F2N3O3/c18-12-3-1-2-4-13(12)24-9-14(23)22-8-7-17(19,10-22)16-20-15(21-25-16)11-5-6-11/h1-4,11H,5-10H2. The molecule has 25 heavy (non-hydrogen) atoms. The van der Waals surface area contributed by atoms with Gasteiger partial charge in [-0.1, -0.05) is 17.3 Å². The second-order valence-corrected chi connectivity index (χ2v) is 6.48. The van der Waals surface area contributed by atoms with Crippen LogP contribution in [-0.2, 0) is 10.5 Å². The highest BCUT2D eigenvalue weighted by atomic mass is 19.1. The van der Waals surface area contributed by atoms with E-state index in [4.69, 9.17) is 9.26 Å². The van der Waals surface area contributed by atoms with Gasteiger partial charge in [-0.15, -0.1) is 0 Å². The lowest BCUT2D eigenvalue weighted by Crippen LogP contribution is -2.35. The van der Waals surface area contributed by atoms with Gasteiger partial charge in [-0.25, -0.2) is 8.78 Å². The van der Waals surface area contributed by atoms with Crippen LogP contribution in [0.2, 0.25) is 0 Å². The van der Waals surface area contributed by atoms with Crippen LogP contribution in [0.5, 0.6) is 5.75 Å². The van der Waals surface area contributed by atoms with Crippen LogP contribution >= 0.6 is 0 Å². The molecule has 1 aliphatic carbocycles. The minimum Gasteiger partial charge on any atom is -0.481 e. The van der Waals surface area contributed by atoms with E-state index in [0.717, 1.165) is 12.8 Å². The number of nitrogens with zero attached hydrogens (tertiary/aromatic N) is 3. The maximum atomic E-state index is 15.1. The van der Waals surface area contributed by atoms with Gasteiger partial charge < -0.3 is 14.2 Å². The molecule has 6 nitrogen and oxygen atoms in total. The van der Waals surface area contributed by atoms with Gasteiger partial charge in [0, 0.05) is 18.9 Å². The average molecular weight is 349 g/mol. The largest absolute Gasteiger partial charge is 0.481 e. The topological polar surface area (TPSA) is 68.5 Å². The van der Waals surface area contributed by atoms with Gasteiger partial charge in [-0.05, 0) is 25.0 Å². The van der Waals surface area contributed by atoms with Gasteiger partial charge >= 0.3 is 0 Å². The fourth-order valence-corrected chi connectivity index (χ4v) is 2.88. The molecule has 0 radical (unpaired) electrons. The zero-order valence-electron chi connectivity index (χ0n) is 13.5. The van der Waals surface area contributed by atoms with Crippen LogP contribution in [0.4, 0.5) is 8.78 Å². The summed E-state index contributed by atoms with van der Waals surface area (Å²) in [4.78, 5) is 17.7. The van der Waals surface area contributed by atoms with Crippen LogP contribution in [0.1, 0.15) is 36.9 Å². The number of carbonyl (C=O) groups is 1. The number of likely N-dealkylation sites (tertiary alicyclic amines) is 1. The Kier molecular flexibility index (Phi) is 3.89. The lowest BCUT2D eigenvalue weighted by molar-refractivity contribution is -0.133. The summed E-state index contributed by atoms with van der Waals surface area (Å²) in [6.45, 7) is -0.302. The van der Waals surface area contributed by atoms with Crippen LogP contribution in [0, 0.1) is 5.82 Å². The Bertz CT molecular complexity index is 793. The Balaban J connectivity index is 1.37. The molecule has 2 aliphatic rings. The van der Waals surface area contributed by atoms with E-state index in [9.17, 15) is 9.18 Å². The molecule has 1 aromatic carbocycles. The normalized spacial score (nSPS) is 23.0. The number of hydrogen-bond acceptors (Lipinski definition) is 5. The van der Waals surface area contributed by atoms with Crippen LogP contribution < -0.4 is 4.74 Å². The number of aromatic nitrogens is 2. The predicted octanol–water partition coefficient (Wildman–Crippen LogP) is 2.56. The van der Waals surface area contributed by atoms with Gasteiger partial charge in [0.25, 0.3) is 11.8 Å². The fourth-order valence-electron chi connectivity index (χ4n) is 2.88. The number of amides is 1. The molecule has 0 N–H and O–H groups in total. The molecular formula is C17H17F2N3O3. The summed E-state index contributed by atoms with van der Waals surface area (Å²) >= 11 is 0. The van der Waals surface area contributed by atoms with E-state index < -0.39 is 17.4 Å². The first-order valence-corrected chi connectivity index (χ1v) is 8.23. The number of benzene rings is 1. The third-order valence-electron chi connectivity index (χ3n) is 4.53. The Morgan fingerprint density at radius 3 is 2.96 bits per heavy atom. The fraction of sp³-hybridized carbons (Fsp3) is 0.471. The van der Waals surface area contributed by atoms with Crippen molar-refractivity contribution in [2.24, 2.45) is 0 Å². The second kappa shape index (κ2) is 6.09. The molecule has 0 bridgehead atoms. The Morgan fingerprint density at radius 1 is 1.40 bits per heavy atom. The number of carbonyl (C=O) groups excluding carboxylic acids is 1. The van der Waals surface area contributed by atoms with Crippen molar-refractivity contribution in [1.29, 1.82) is 0 Å². The van der Waals surface area contributed by atoms with Crippen molar-refractivity contribution >= 4 is 5.91 Å². The van der Waals surface area contributed by atoms with Crippen LogP contribution in [-0.4, -0.2) is 40.6 Å². The number of ether oxygens (including phenoxy) is 1. The van der Waals surface area contributed by atoms with Crippen molar-refractivity contribution < 1.29 is 22.8 Å². The highest BCUT2D eigenvalue weighted by Gasteiger charge is 2.47. The minimum atomic E-state index is -1.84. The first kappa shape index (κ1) is 16.0. The van der Waals surface area contributed by atoms with E-state index in [2.05, 4.69) is 10.1 Å². The highest BCUT2D eigenvalue weighted by Crippen LogP contribution is 2.41. The van der Waals surface area contributed by atoms with Crippen LogP contribution in [0.3, 0.4) is 0 Å². The van der Waals surface area contributed by atoms with E-state index in [0.29, 0.717) is 5.82 Å². The van der Waals surface area contributed by atoms with E-state index in [1.165, 1.54) is 23.1 Å². The van der Waals surface area contributed by atoms with Crippen molar-refractivity contribution in [3.63, 3.8) is 0 Å². The van der Waals surface area contributed by atoms with Gasteiger partial charge in [0.15, 0.2) is 24.0 Å². The summed E-state index contributed by atoms with van der Waals surface area (Å²) < 4.78 is 38.8.